The molecule has 0 unspecified atom stereocenters. The Kier molecular flexibility index (Phi) is 4.82. The Balaban J connectivity index is 1.99. The van der Waals surface area contributed by atoms with Gasteiger partial charge in [-0.05, 0) is 84.0 Å². The van der Waals surface area contributed by atoms with Crippen LogP contribution in [0.3, 0.4) is 0 Å². The predicted molar refractivity (Wildman–Crippen MR) is 131 cm³/mol. The van der Waals surface area contributed by atoms with Gasteiger partial charge in [0.25, 0.3) is 0 Å². The number of ether oxygens (including phenoxy) is 2. The Bertz CT molecular complexity index is 1280. The van der Waals surface area contributed by atoms with Gasteiger partial charge < -0.3 is 9.47 Å². The van der Waals surface area contributed by atoms with E-state index in [9.17, 15) is 0 Å². The Morgan fingerprint density at radius 3 is 1.72 bits per heavy atom. The fraction of sp³-hybridized carbons (Fsp3) is 0.200. The van der Waals surface area contributed by atoms with Crippen LogP contribution in [-0.2, 0) is 5.41 Å². The maximum Gasteiger partial charge on any atom is 0.119 e. The molecule has 160 valence electrons. The lowest BCUT2D eigenvalue weighted by atomic mass is 9.67. The third-order valence-electron chi connectivity index (χ3n) is 6.67. The molecule has 0 spiro atoms. The van der Waals surface area contributed by atoms with Gasteiger partial charge >= 0.3 is 0 Å². The molecule has 1 aliphatic rings. The van der Waals surface area contributed by atoms with Crippen molar-refractivity contribution >= 4 is 0 Å². The standard InChI is InChI=1S/C30H28O2/c1-19-9-11-26-27-12-10-20(2)16-29(27)30(28(26)15-19,22-7-6-8-24(17-22)31-4)23-13-21(3)14-25(18-23)32-5/h6-18H,1-5H3. The number of fused-ring (bicyclic) bond motifs is 3. The van der Waals surface area contributed by atoms with Crippen LogP contribution < -0.4 is 9.47 Å². The van der Waals surface area contributed by atoms with Gasteiger partial charge in [-0.15, -0.1) is 0 Å². The first-order valence-corrected chi connectivity index (χ1v) is 11.0. The summed E-state index contributed by atoms with van der Waals surface area (Å²) in [5, 5.41) is 0. The molecule has 0 radical (unpaired) electrons. The summed E-state index contributed by atoms with van der Waals surface area (Å²) >= 11 is 0. The van der Waals surface area contributed by atoms with Crippen LogP contribution in [0.1, 0.15) is 38.9 Å². The van der Waals surface area contributed by atoms with E-state index in [1.165, 1.54) is 50.1 Å². The average molecular weight is 421 g/mol. The van der Waals surface area contributed by atoms with Gasteiger partial charge in [-0.1, -0.05) is 65.7 Å². The van der Waals surface area contributed by atoms with Crippen LogP contribution in [0.15, 0.2) is 78.9 Å². The van der Waals surface area contributed by atoms with E-state index in [1.54, 1.807) is 14.2 Å². The molecule has 4 aromatic carbocycles. The van der Waals surface area contributed by atoms with E-state index in [1.807, 2.05) is 6.07 Å². The lowest BCUT2D eigenvalue weighted by Crippen LogP contribution is -2.29. The van der Waals surface area contributed by atoms with Gasteiger partial charge in [-0.2, -0.15) is 0 Å². The van der Waals surface area contributed by atoms with Crippen molar-refractivity contribution in [3.8, 4) is 22.6 Å². The summed E-state index contributed by atoms with van der Waals surface area (Å²) in [7, 11) is 3.47. The van der Waals surface area contributed by atoms with Gasteiger partial charge in [-0.3, -0.25) is 0 Å². The zero-order valence-electron chi connectivity index (χ0n) is 19.3. The largest absolute Gasteiger partial charge is 0.497 e. The Morgan fingerprint density at radius 2 is 1.12 bits per heavy atom. The second kappa shape index (κ2) is 7.56. The van der Waals surface area contributed by atoms with Crippen LogP contribution in [0.5, 0.6) is 11.5 Å². The molecule has 32 heavy (non-hydrogen) atoms. The highest BCUT2D eigenvalue weighted by atomic mass is 16.5. The molecule has 0 heterocycles. The molecule has 0 aromatic heterocycles. The van der Waals surface area contributed by atoms with E-state index in [0.717, 1.165) is 11.5 Å². The van der Waals surface area contributed by atoms with Crippen LogP contribution in [0.25, 0.3) is 11.1 Å². The molecule has 0 fully saturated rings. The van der Waals surface area contributed by atoms with Gasteiger partial charge in [-0.25, -0.2) is 0 Å². The molecule has 2 nitrogen and oxygen atoms in total. The van der Waals surface area contributed by atoms with E-state index >= 15 is 0 Å². The summed E-state index contributed by atoms with van der Waals surface area (Å²) < 4.78 is 11.4. The second-order valence-corrected chi connectivity index (χ2v) is 8.82. The molecule has 0 saturated heterocycles. The summed E-state index contributed by atoms with van der Waals surface area (Å²) in [6.45, 7) is 6.47. The van der Waals surface area contributed by atoms with E-state index in [-0.39, 0.29) is 0 Å². The van der Waals surface area contributed by atoms with Crippen molar-refractivity contribution in [1.82, 2.24) is 0 Å². The van der Waals surface area contributed by atoms with Crippen molar-refractivity contribution in [2.24, 2.45) is 0 Å². The van der Waals surface area contributed by atoms with Crippen molar-refractivity contribution in [1.29, 1.82) is 0 Å². The summed E-state index contributed by atoms with van der Waals surface area (Å²) in [6, 6.07) is 28.7. The van der Waals surface area contributed by atoms with Crippen molar-refractivity contribution in [3.05, 3.63) is 118 Å². The molecule has 1 aliphatic carbocycles. The SMILES string of the molecule is COc1cccc(C2(c3cc(C)cc(OC)c3)c3cc(C)ccc3-c3ccc(C)cc32)c1. The first kappa shape index (κ1) is 20.4. The van der Waals surface area contributed by atoms with E-state index < -0.39 is 5.41 Å². The summed E-state index contributed by atoms with van der Waals surface area (Å²) in [5.41, 5.74) is 10.8. The zero-order valence-corrected chi connectivity index (χ0v) is 19.3. The van der Waals surface area contributed by atoms with Crippen molar-refractivity contribution in [2.45, 2.75) is 26.2 Å². The molecule has 2 heteroatoms. The van der Waals surface area contributed by atoms with Gasteiger partial charge in [0.15, 0.2) is 0 Å². The van der Waals surface area contributed by atoms with Gasteiger partial charge in [0.2, 0.25) is 0 Å². The molecular formula is C30H28O2. The van der Waals surface area contributed by atoms with Crippen LogP contribution >= 0.6 is 0 Å². The Hall–Kier alpha value is -3.52. The number of aryl methyl sites for hydroxylation is 3. The molecule has 0 bridgehead atoms. The van der Waals surface area contributed by atoms with Crippen molar-refractivity contribution < 1.29 is 9.47 Å². The fourth-order valence-electron chi connectivity index (χ4n) is 5.28. The number of benzene rings is 4. The fourth-order valence-corrected chi connectivity index (χ4v) is 5.28. The predicted octanol–water partition coefficient (Wildman–Crippen LogP) is 6.99. The maximum absolute atomic E-state index is 5.72. The molecule has 0 N–H and O–H groups in total. The minimum atomic E-state index is -0.462. The van der Waals surface area contributed by atoms with E-state index in [0.29, 0.717) is 0 Å². The normalized spacial score (nSPS) is 13.4. The number of hydrogen-bond donors (Lipinski definition) is 0. The Labute approximate surface area is 190 Å². The third-order valence-corrected chi connectivity index (χ3v) is 6.67. The van der Waals surface area contributed by atoms with Crippen LogP contribution in [0, 0.1) is 20.8 Å². The summed E-state index contributed by atoms with van der Waals surface area (Å²) in [4.78, 5) is 0. The van der Waals surface area contributed by atoms with Crippen molar-refractivity contribution in [3.63, 3.8) is 0 Å². The first-order valence-electron chi connectivity index (χ1n) is 11.0. The van der Waals surface area contributed by atoms with Gasteiger partial charge in [0.05, 0.1) is 19.6 Å². The molecule has 0 atom stereocenters. The number of methoxy groups -OCH3 is 2. The molecule has 0 aliphatic heterocycles. The topological polar surface area (TPSA) is 18.5 Å². The zero-order chi connectivity index (χ0) is 22.5. The molecule has 0 saturated carbocycles. The lowest BCUT2D eigenvalue weighted by Gasteiger charge is -2.35. The molecule has 5 rings (SSSR count). The lowest BCUT2D eigenvalue weighted by molar-refractivity contribution is 0.412. The quantitative estimate of drug-likeness (QED) is 0.312. The van der Waals surface area contributed by atoms with Gasteiger partial charge in [0.1, 0.15) is 11.5 Å². The minimum Gasteiger partial charge on any atom is -0.497 e. The highest BCUT2D eigenvalue weighted by Gasteiger charge is 2.46. The summed E-state index contributed by atoms with van der Waals surface area (Å²) in [5.74, 6) is 1.73. The third kappa shape index (κ3) is 2.94. The van der Waals surface area contributed by atoms with Crippen LogP contribution in [0.4, 0.5) is 0 Å². The molecule has 0 amide bonds. The Morgan fingerprint density at radius 1 is 0.531 bits per heavy atom. The highest BCUT2D eigenvalue weighted by molar-refractivity contribution is 5.87. The van der Waals surface area contributed by atoms with Crippen LogP contribution in [0.2, 0.25) is 0 Å². The highest BCUT2D eigenvalue weighted by Crippen LogP contribution is 2.57. The average Bonchev–Trinajstić information content (AvgIpc) is 3.08. The molecule has 4 aromatic rings. The monoisotopic (exact) mass is 420 g/mol. The van der Waals surface area contributed by atoms with E-state index in [2.05, 4.69) is 93.6 Å². The van der Waals surface area contributed by atoms with Crippen LogP contribution in [-0.4, -0.2) is 14.2 Å². The first-order chi connectivity index (χ1) is 15.5. The summed E-state index contributed by atoms with van der Waals surface area (Å²) in [6.07, 6.45) is 0. The van der Waals surface area contributed by atoms with E-state index in [4.69, 9.17) is 9.47 Å². The maximum atomic E-state index is 5.72. The van der Waals surface area contributed by atoms with Gasteiger partial charge in [0, 0.05) is 0 Å². The smallest absolute Gasteiger partial charge is 0.119 e. The number of hydrogen-bond acceptors (Lipinski definition) is 2. The number of rotatable bonds is 4. The molecular weight excluding hydrogens is 392 g/mol. The van der Waals surface area contributed by atoms with Crippen molar-refractivity contribution in [2.75, 3.05) is 14.2 Å². The minimum absolute atomic E-state index is 0.462. The second-order valence-electron chi connectivity index (χ2n) is 8.82.